The highest BCUT2D eigenvalue weighted by Gasteiger charge is 2.54. The second kappa shape index (κ2) is 3.40. The molecule has 1 atom stereocenters. The fourth-order valence-corrected chi connectivity index (χ4v) is 4.16. The van der Waals surface area contributed by atoms with Gasteiger partial charge in [0.15, 0.2) is 0 Å². The summed E-state index contributed by atoms with van der Waals surface area (Å²) in [4.78, 5) is -0.110. The molecule has 0 aromatic heterocycles. The summed E-state index contributed by atoms with van der Waals surface area (Å²) < 4.78 is 51.8. The quantitative estimate of drug-likeness (QED) is 0.580. The average molecular weight is 271 g/mol. The first kappa shape index (κ1) is 11.8. The Morgan fingerprint density at radius 1 is 1.25 bits per heavy atom. The van der Waals surface area contributed by atoms with Gasteiger partial charge in [-0.3, -0.25) is 0 Å². The first-order valence-corrected chi connectivity index (χ1v) is 6.80. The van der Waals surface area contributed by atoms with Gasteiger partial charge in [0.05, 0.1) is 0 Å². The lowest BCUT2D eigenvalue weighted by molar-refractivity contribution is -0.0359. The van der Waals surface area contributed by atoms with E-state index in [1.165, 1.54) is 19.1 Å². The Labute approximate surface area is 95.7 Å². The van der Waals surface area contributed by atoms with Gasteiger partial charge in [-0.05, 0) is 55.5 Å². The number of hydrogen-bond donors (Lipinski definition) is 0. The van der Waals surface area contributed by atoms with Crippen LogP contribution in [0.25, 0.3) is 6.08 Å². The number of halogens is 5. The number of fused-ring (bicyclic) bond motifs is 1. The fraction of sp³-hybridized carbons (Fsp3) is 0.200. The van der Waals surface area contributed by atoms with Crippen LogP contribution in [0.4, 0.5) is 17.6 Å². The number of hydrogen-bond acceptors (Lipinski definition) is 0. The zero-order chi connectivity index (χ0) is 12.1. The molecule has 16 heavy (non-hydrogen) atoms. The van der Waals surface area contributed by atoms with E-state index in [9.17, 15) is 17.6 Å². The topological polar surface area (TPSA) is 0 Å². The van der Waals surface area contributed by atoms with Gasteiger partial charge in [-0.2, -0.15) is 13.2 Å². The van der Waals surface area contributed by atoms with Gasteiger partial charge < -0.3 is 0 Å². The van der Waals surface area contributed by atoms with Crippen molar-refractivity contribution in [3.05, 3.63) is 34.5 Å². The van der Waals surface area contributed by atoms with E-state index in [2.05, 4.69) is 0 Å². The van der Waals surface area contributed by atoms with Crippen molar-refractivity contribution < 1.29 is 17.6 Å². The molecule has 1 aromatic carbocycles. The number of rotatable bonds is 0. The Bertz CT molecular complexity index is 480. The SMILES string of the molecule is CC1=Cc2ccc(F)cc2S1(Cl)C(F)(F)F. The first-order chi connectivity index (χ1) is 7.26. The molecule has 1 unspecified atom stereocenters. The minimum atomic E-state index is -4.56. The third-order valence-electron chi connectivity index (χ3n) is 2.40. The van der Waals surface area contributed by atoms with E-state index in [-0.39, 0.29) is 9.80 Å². The molecule has 0 spiro atoms. The maximum Gasteiger partial charge on any atom is 0.445 e. The molecule has 0 saturated carbocycles. The van der Waals surface area contributed by atoms with Crippen molar-refractivity contribution in [3.8, 4) is 0 Å². The zero-order valence-corrected chi connectivity index (χ0v) is 9.68. The maximum absolute atomic E-state index is 13.0. The predicted molar refractivity (Wildman–Crippen MR) is 57.8 cm³/mol. The van der Waals surface area contributed by atoms with Gasteiger partial charge in [-0.25, -0.2) is 4.39 Å². The Kier molecular flexibility index (Phi) is 2.51. The van der Waals surface area contributed by atoms with E-state index < -0.39 is 20.6 Å². The second-order valence-corrected chi connectivity index (χ2v) is 7.43. The van der Waals surface area contributed by atoms with Gasteiger partial charge in [-0.1, -0.05) is 6.07 Å². The van der Waals surface area contributed by atoms with E-state index in [0.29, 0.717) is 5.56 Å². The molecule has 0 N–H and O–H groups in total. The fourth-order valence-electron chi connectivity index (χ4n) is 1.65. The second-order valence-electron chi connectivity index (χ2n) is 3.42. The zero-order valence-electron chi connectivity index (χ0n) is 8.11. The first-order valence-electron chi connectivity index (χ1n) is 4.34. The van der Waals surface area contributed by atoms with Crippen molar-refractivity contribution >= 4 is 26.0 Å². The van der Waals surface area contributed by atoms with Gasteiger partial charge in [-0.15, -0.1) is 0 Å². The minimum Gasteiger partial charge on any atom is -0.207 e. The predicted octanol–water partition coefficient (Wildman–Crippen LogP) is 5.04. The summed E-state index contributed by atoms with van der Waals surface area (Å²) in [6.07, 6.45) is 1.37. The van der Waals surface area contributed by atoms with E-state index in [0.717, 1.165) is 12.1 Å². The lowest BCUT2D eigenvalue weighted by Crippen LogP contribution is -2.15. The molecule has 0 radical (unpaired) electrons. The monoisotopic (exact) mass is 270 g/mol. The summed E-state index contributed by atoms with van der Waals surface area (Å²) in [6.45, 7) is 1.33. The molecule has 6 heteroatoms. The third-order valence-corrected chi connectivity index (χ3v) is 6.76. The van der Waals surface area contributed by atoms with E-state index in [1.807, 2.05) is 0 Å². The van der Waals surface area contributed by atoms with Gasteiger partial charge in [0.2, 0.25) is 0 Å². The molecule has 1 heterocycles. The molecule has 0 aliphatic carbocycles. The van der Waals surface area contributed by atoms with Crippen LogP contribution in [0.3, 0.4) is 0 Å². The number of allylic oxidation sites excluding steroid dienone is 1. The highest BCUT2D eigenvalue weighted by atomic mass is 35.7. The van der Waals surface area contributed by atoms with Crippen LogP contribution >= 0.6 is 19.9 Å². The lowest BCUT2D eigenvalue weighted by atomic mass is 10.2. The van der Waals surface area contributed by atoms with Crippen molar-refractivity contribution in [2.45, 2.75) is 17.3 Å². The summed E-state index contributed by atoms with van der Waals surface area (Å²) in [5.41, 5.74) is -4.21. The van der Waals surface area contributed by atoms with Crippen LogP contribution in [0.5, 0.6) is 0 Å². The average Bonchev–Trinajstić information content (AvgIpc) is 2.41. The molecule has 0 saturated heterocycles. The van der Waals surface area contributed by atoms with Crippen LogP contribution in [-0.2, 0) is 0 Å². The van der Waals surface area contributed by atoms with E-state index in [4.69, 9.17) is 10.7 Å². The summed E-state index contributed by atoms with van der Waals surface area (Å²) in [6, 6.07) is 3.32. The van der Waals surface area contributed by atoms with Gasteiger partial charge >= 0.3 is 5.51 Å². The summed E-state index contributed by atoms with van der Waals surface area (Å²) in [5, 5.41) is 0. The normalized spacial score (nSPS) is 28.2. The Hall–Kier alpha value is -0.680. The van der Waals surface area contributed by atoms with E-state index >= 15 is 0 Å². The molecule has 1 aliphatic heterocycles. The molecule has 1 aliphatic rings. The van der Waals surface area contributed by atoms with Crippen LogP contribution in [0.15, 0.2) is 28.0 Å². The van der Waals surface area contributed by atoms with Crippen molar-refractivity contribution in [1.82, 2.24) is 0 Å². The van der Waals surface area contributed by atoms with Gasteiger partial charge in [0.1, 0.15) is 5.82 Å². The summed E-state index contributed by atoms with van der Waals surface area (Å²) >= 11 is 0. The smallest absolute Gasteiger partial charge is 0.207 e. The lowest BCUT2D eigenvalue weighted by Gasteiger charge is -2.32. The standard InChI is InChI=1S/C10H7ClF4S/c1-6-4-7-2-3-8(12)5-9(7)16(6,11)10(13,14)15/h2-5H,1H3. The molecule has 0 fully saturated rings. The molecule has 1 aromatic rings. The van der Waals surface area contributed by atoms with Crippen molar-refractivity contribution in [2.75, 3.05) is 0 Å². The highest BCUT2D eigenvalue weighted by molar-refractivity contribution is 8.54. The van der Waals surface area contributed by atoms with Crippen molar-refractivity contribution in [3.63, 3.8) is 0 Å². The Balaban J connectivity index is 2.69. The van der Waals surface area contributed by atoms with Crippen LogP contribution < -0.4 is 0 Å². The largest absolute Gasteiger partial charge is 0.445 e. The molecular weight excluding hydrogens is 264 g/mol. The van der Waals surface area contributed by atoms with Crippen molar-refractivity contribution in [1.29, 1.82) is 0 Å². The maximum atomic E-state index is 13.0. The molecular formula is C10H7ClF4S. The van der Waals surface area contributed by atoms with E-state index in [1.54, 1.807) is 0 Å². The molecule has 0 amide bonds. The number of alkyl halides is 3. The summed E-state index contributed by atoms with van der Waals surface area (Å²) in [5.74, 6) is -0.705. The molecule has 0 bridgehead atoms. The molecule has 0 nitrogen and oxygen atoms in total. The van der Waals surface area contributed by atoms with Gasteiger partial charge in [0, 0.05) is 4.90 Å². The van der Waals surface area contributed by atoms with Crippen LogP contribution in [0, 0.1) is 5.82 Å². The third kappa shape index (κ3) is 1.45. The van der Waals surface area contributed by atoms with Crippen molar-refractivity contribution in [2.24, 2.45) is 0 Å². The highest BCUT2D eigenvalue weighted by Crippen LogP contribution is 2.79. The molecule has 2 rings (SSSR count). The Morgan fingerprint density at radius 3 is 2.44 bits per heavy atom. The summed E-state index contributed by atoms with van der Waals surface area (Å²) in [7, 11) is 2.14. The number of benzene rings is 1. The van der Waals surface area contributed by atoms with Crippen LogP contribution in [-0.4, -0.2) is 5.51 Å². The Morgan fingerprint density at radius 2 is 1.88 bits per heavy atom. The van der Waals surface area contributed by atoms with Crippen LogP contribution in [0.2, 0.25) is 0 Å². The minimum absolute atomic E-state index is 0.0438. The van der Waals surface area contributed by atoms with Gasteiger partial charge in [0.25, 0.3) is 0 Å². The molecule has 88 valence electrons. The van der Waals surface area contributed by atoms with Crippen LogP contribution in [0.1, 0.15) is 12.5 Å².